The topological polar surface area (TPSA) is 51.2 Å². The first-order chi connectivity index (χ1) is 8.15. The molecular formula is C12H18N2O2S. The number of thiazole rings is 1. The van der Waals surface area contributed by atoms with Gasteiger partial charge in [-0.05, 0) is 26.7 Å². The number of anilines is 1. The Kier molecular flexibility index (Phi) is 3.79. The van der Waals surface area contributed by atoms with Crippen molar-refractivity contribution in [2.45, 2.75) is 39.7 Å². The van der Waals surface area contributed by atoms with Crippen molar-refractivity contribution >= 4 is 22.4 Å². The lowest BCUT2D eigenvalue weighted by Gasteiger charge is -2.00. The van der Waals surface area contributed by atoms with E-state index in [9.17, 15) is 4.79 Å². The largest absolute Gasteiger partial charge is 0.378 e. The molecule has 0 saturated heterocycles. The molecule has 1 aliphatic carbocycles. The molecule has 0 aromatic carbocycles. The van der Waals surface area contributed by atoms with Gasteiger partial charge in [-0.1, -0.05) is 6.92 Å². The molecule has 1 aliphatic rings. The zero-order valence-corrected chi connectivity index (χ0v) is 11.3. The first kappa shape index (κ1) is 12.5. The monoisotopic (exact) mass is 254 g/mol. The van der Waals surface area contributed by atoms with Crippen LogP contribution in [0.5, 0.6) is 0 Å². The quantitative estimate of drug-likeness (QED) is 0.877. The SMILES string of the molecule is CCO[C@H]1C[C@@H]1C(=O)Nc1nc(CC)c(C)s1. The molecule has 94 valence electrons. The second-order valence-corrected chi connectivity index (χ2v) is 5.40. The van der Waals surface area contributed by atoms with E-state index in [1.807, 2.05) is 13.8 Å². The van der Waals surface area contributed by atoms with Gasteiger partial charge in [-0.15, -0.1) is 11.3 Å². The smallest absolute Gasteiger partial charge is 0.231 e. The van der Waals surface area contributed by atoms with Gasteiger partial charge in [0.25, 0.3) is 0 Å². The summed E-state index contributed by atoms with van der Waals surface area (Å²) in [6, 6.07) is 0. The molecule has 17 heavy (non-hydrogen) atoms. The van der Waals surface area contributed by atoms with E-state index in [-0.39, 0.29) is 17.9 Å². The molecule has 0 bridgehead atoms. The molecule has 0 aliphatic heterocycles. The molecule has 1 amide bonds. The number of nitrogens with one attached hydrogen (secondary N) is 1. The molecule has 4 nitrogen and oxygen atoms in total. The molecule has 1 heterocycles. The Labute approximate surface area is 105 Å². The third kappa shape index (κ3) is 2.84. The number of amides is 1. The van der Waals surface area contributed by atoms with Crippen molar-refractivity contribution in [3.63, 3.8) is 0 Å². The lowest BCUT2D eigenvalue weighted by atomic mass is 10.3. The van der Waals surface area contributed by atoms with Crippen LogP contribution in [0.3, 0.4) is 0 Å². The van der Waals surface area contributed by atoms with Gasteiger partial charge in [0.15, 0.2) is 5.13 Å². The van der Waals surface area contributed by atoms with Crippen LogP contribution < -0.4 is 5.32 Å². The zero-order valence-electron chi connectivity index (χ0n) is 10.4. The summed E-state index contributed by atoms with van der Waals surface area (Å²) in [7, 11) is 0. The van der Waals surface area contributed by atoms with Crippen LogP contribution in [0.15, 0.2) is 0 Å². The van der Waals surface area contributed by atoms with Crippen LogP contribution in [0.2, 0.25) is 0 Å². The number of carbonyl (C=O) groups is 1. The molecule has 1 aromatic heterocycles. The van der Waals surface area contributed by atoms with Gasteiger partial charge in [0, 0.05) is 11.5 Å². The van der Waals surface area contributed by atoms with Crippen LogP contribution in [0.1, 0.15) is 30.8 Å². The lowest BCUT2D eigenvalue weighted by molar-refractivity contribution is -0.118. The van der Waals surface area contributed by atoms with Crippen LogP contribution in [0, 0.1) is 12.8 Å². The fraction of sp³-hybridized carbons (Fsp3) is 0.667. The highest BCUT2D eigenvalue weighted by Crippen LogP contribution is 2.35. The summed E-state index contributed by atoms with van der Waals surface area (Å²) in [5, 5.41) is 3.59. The Bertz CT molecular complexity index is 417. The molecule has 0 unspecified atom stereocenters. The van der Waals surface area contributed by atoms with Gasteiger partial charge >= 0.3 is 0 Å². The Morgan fingerprint density at radius 2 is 2.35 bits per heavy atom. The summed E-state index contributed by atoms with van der Waals surface area (Å²) in [5.41, 5.74) is 1.07. The lowest BCUT2D eigenvalue weighted by Crippen LogP contribution is -2.16. The average Bonchev–Trinajstić information content (AvgIpc) is 2.97. The molecule has 1 saturated carbocycles. The van der Waals surface area contributed by atoms with E-state index in [0.717, 1.165) is 18.5 Å². The molecular weight excluding hydrogens is 236 g/mol. The molecule has 2 rings (SSSR count). The Morgan fingerprint density at radius 3 is 2.94 bits per heavy atom. The predicted octanol–water partition coefficient (Wildman–Crippen LogP) is 2.38. The number of ether oxygens (including phenoxy) is 1. The summed E-state index contributed by atoms with van der Waals surface area (Å²) >= 11 is 1.54. The molecule has 5 heteroatoms. The maximum atomic E-state index is 11.8. The molecule has 0 spiro atoms. The van der Waals surface area contributed by atoms with Gasteiger partial charge in [0.2, 0.25) is 5.91 Å². The number of aromatic nitrogens is 1. The minimum absolute atomic E-state index is 0.0178. The van der Waals surface area contributed by atoms with Gasteiger partial charge in [-0.3, -0.25) is 4.79 Å². The number of hydrogen-bond acceptors (Lipinski definition) is 4. The van der Waals surface area contributed by atoms with E-state index in [1.54, 1.807) is 11.3 Å². The van der Waals surface area contributed by atoms with Crippen molar-refractivity contribution in [3.05, 3.63) is 10.6 Å². The van der Waals surface area contributed by atoms with Gasteiger partial charge in [-0.2, -0.15) is 0 Å². The molecule has 2 atom stereocenters. The van der Waals surface area contributed by atoms with Crippen molar-refractivity contribution in [1.29, 1.82) is 0 Å². The minimum atomic E-state index is 0.0178. The maximum Gasteiger partial charge on any atom is 0.231 e. The second kappa shape index (κ2) is 5.14. The fourth-order valence-electron chi connectivity index (χ4n) is 1.85. The van der Waals surface area contributed by atoms with E-state index < -0.39 is 0 Å². The zero-order chi connectivity index (χ0) is 12.4. The van der Waals surface area contributed by atoms with Crippen LogP contribution in [0.25, 0.3) is 0 Å². The fourth-order valence-corrected chi connectivity index (χ4v) is 2.76. The standard InChI is InChI=1S/C12H18N2O2S/c1-4-9-7(3)17-12(13-9)14-11(15)8-6-10(8)16-5-2/h8,10H,4-6H2,1-3H3,(H,13,14,15)/t8-,10-/m0/s1. The van der Waals surface area contributed by atoms with Gasteiger partial charge in [-0.25, -0.2) is 4.98 Å². The molecule has 1 fully saturated rings. The van der Waals surface area contributed by atoms with Crippen molar-refractivity contribution in [2.24, 2.45) is 5.92 Å². The predicted molar refractivity (Wildman–Crippen MR) is 68.4 cm³/mol. The molecule has 0 radical (unpaired) electrons. The highest BCUT2D eigenvalue weighted by molar-refractivity contribution is 7.15. The number of hydrogen-bond donors (Lipinski definition) is 1. The summed E-state index contributed by atoms with van der Waals surface area (Å²) in [4.78, 5) is 17.4. The maximum absolute atomic E-state index is 11.8. The van der Waals surface area contributed by atoms with E-state index in [2.05, 4.69) is 17.2 Å². The van der Waals surface area contributed by atoms with Gasteiger partial charge < -0.3 is 10.1 Å². The third-order valence-corrected chi connectivity index (χ3v) is 3.84. The van der Waals surface area contributed by atoms with Crippen molar-refractivity contribution in [1.82, 2.24) is 4.98 Å². The summed E-state index contributed by atoms with van der Waals surface area (Å²) in [6.45, 7) is 6.72. The van der Waals surface area contributed by atoms with Crippen LogP contribution >= 0.6 is 11.3 Å². The van der Waals surface area contributed by atoms with Gasteiger partial charge in [0.05, 0.1) is 17.7 Å². The van der Waals surface area contributed by atoms with Gasteiger partial charge in [0.1, 0.15) is 0 Å². The van der Waals surface area contributed by atoms with Crippen molar-refractivity contribution in [3.8, 4) is 0 Å². The van der Waals surface area contributed by atoms with E-state index >= 15 is 0 Å². The highest BCUT2D eigenvalue weighted by Gasteiger charge is 2.44. The number of aryl methyl sites for hydroxylation is 2. The van der Waals surface area contributed by atoms with E-state index in [4.69, 9.17) is 4.74 Å². The number of rotatable bonds is 5. The van der Waals surface area contributed by atoms with Crippen LogP contribution in [0.4, 0.5) is 5.13 Å². The van der Waals surface area contributed by atoms with Crippen LogP contribution in [-0.4, -0.2) is 23.6 Å². The summed E-state index contributed by atoms with van der Waals surface area (Å²) in [5.74, 6) is 0.0593. The Hall–Kier alpha value is -0.940. The van der Waals surface area contributed by atoms with Crippen molar-refractivity contribution in [2.75, 3.05) is 11.9 Å². The molecule has 1 N–H and O–H groups in total. The van der Waals surface area contributed by atoms with E-state index in [1.165, 1.54) is 4.88 Å². The normalized spacial score (nSPS) is 22.5. The summed E-state index contributed by atoms with van der Waals surface area (Å²) < 4.78 is 5.40. The van der Waals surface area contributed by atoms with Crippen molar-refractivity contribution < 1.29 is 9.53 Å². The number of carbonyl (C=O) groups excluding carboxylic acids is 1. The first-order valence-electron chi connectivity index (χ1n) is 6.04. The molecule has 1 aromatic rings. The first-order valence-corrected chi connectivity index (χ1v) is 6.86. The van der Waals surface area contributed by atoms with E-state index in [0.29, 0.717) is 11.7 Å². The average molecular weight is 254 g/mol. The second-order valence-electron chi connectivity index (χ2n) is 4.20. The van der Waals surface area contributed by atoms with Crippen LogP contribution in [-0.2, 0) is 16.0 Å². The highest BCUT2D eigenvalue weighted by atomic mass is 32.1. The number of nitrogens with zero attached hydrogens (tertiary/aromatic N) is 1. The Balaban J connectivity index is 1.90. The third-order valence-electron chi connectivity index (χ3n) is 2.91. The summed E-state index contributed by atoms with van der Waals surface area (Å²) in [6.07, 6.45) is 1.86. The Morgan fingerprint density at radius 1 is 1.59 bits per heavy atom. The minimum Gasteiger partial charge on any atom is -0.378 e.